The maximum Gasteiger partial charge on any atom is 0.255 e. The summed E-state index contributed by atoms with van der Waals surface area (Å²) in [7, 11) is 0. The Bertz CT molecular complexity index is 1040. The third-order valence-corrected chi connectivity index (χ3v) is 4.62. The number of anilines is 1. The summed E-state index contributed by atoms with van der Waals surface area (Å²) in [5.41, 5.74) is 2.46. The third-order valence-electron chi connectivity index (χ3n) is 4.08. The molecule has 4 nitrogen and oxygen atoms in total. The van der Waals surface area contributed by atoms with Crippen molar-refractivity contribution in [3.63, 3.8) is 0 Å². The van der Waals surface area contributed by atoms with Crippen molar-refractivity contribution >= 4 is 45.7 Å². The van der Waals surface area contributed by atoms with Gasteiger partial charge < -0.3 is 9.88 Å². The van der Waals surface area contributed by atoms with E-state index in [9.17, 15) is 9.59 Å². The van der Waals surface area contributed by atoms with Crippen LogP contribution in [0, 0.1) is 6.92 Å². The average molecular weight is 375 g/mol. The molecule has 128 valence electrons. The molecule has 0 saturated heterocycles. The number of pyridine rings is 1. The lowest BCUT2D eigenvalue weighted by molar-refractivity contribution is 0.102. The number of fused-ring (bicyclic) bond motifs is 1. The molecule has 0 aliphatic heterocycles. The average Bonchev–Trinajstić information content (AvgIpc) is 2.57. The lowest BCUT2D eigenvalue weighted by Gasteiger charge is -2.13. The zero-order valence-corrected chi connectivity index (χ0v) is 15.3. The predicted octanol–water partition coefficient (Wildman–Crippen LogP) is 4.89. The van der Waals surface area contributed by atoms with Crippen LogP contribution in [0.5, 0.6) is 0 Å². The number of nitrogens with zero attached hydrogens (tertiary/aromatic N) is 1. The van der Waals surface area contributed by atoms with Gasteiger partial charge in [0.25, 0.3) is 5.91 Å². The number of hydrogen-bond donors (Lipinski definition) is 1. The van der Waals surface area contributed by atoms with Crippen molar-refractivity contribution < 1.29 is 4.79 Å². The first kappa shape index (κ1) is 17.5. The summed E-state index contributed by atoms with van der Waals surface area (Å²) in [6.45, 7) is 4.65. The van der Waals surface area contributed by atoms with Crippen molar-refractivity contribution in [3.05, 3.63) is 74.0 Å². The number of rotatable bonds is 3. The van der Waals surface area contributed by atoms with Crippen molar-refractivity contribution in [2.75, 3.05) is 5.32 Å². The predicted molar refractivity (Wildman–Crippen MR) is 103 cm³/mol. The summed E-state index contributed by atoms with van der Waals surface area (Å²) < 4.78 is 2.04. The Morgan fingerprint density at radius 3 is 2.56 bits per heavy atom. The minimum atomic E-state index is -0.339. The van der Waals surface area contributed by atoms with Crippen molar-refractivity contribution in [2.45, 2.75) is 20.4 Å². The molecule has 1 N–H and O–H groups in total. The van der Waals surface area contributed by atoms with Gasteiger partial charge in [0, 0.05) is 34.3 Å². The number of halogens is 2. The number of amides is 1. The van der Waals surface area contributed by atoms with Gasteiger partial charge in [-0.15, -0.1) is 0 Å². The van der Waals surface area contributed by atoms with E-state index in [1.807, 2.05) is 18.4 Å². The molecule has 1 aromatic heterocycles. The van der Waals surface area contributed by atoms with E-state index in [-0.39, 0.29) is 11.3 Å². The molecule has 0 unspecified atom stereocenters. The number of carbonyl (C=O) groups is 1. The van der Waals surface area contributed by atoms with Crippen LogP contribution in [-0.4, -0.2) is 10.5 Å². The van der Waals surface area contributed by atoms with E-state index in [1.165, 1.54) is 0 Å². The highest BCUT2D eigenvalue weighted by molar-refractivity contribution is 6.36. The summed E-state index contributed by atoms with van der Waals surface area (Å²) >= 11 is 11.9. The SMILES string of the molecule is CCn1c(C)cc(=O)c2cc(C(=O)Nc3ccc(Cl)cc3Cl)ccc21. The van der Waals surface area contributed by atoms with Gasteiger partial charge in [-0.25, -0.2) is 0 Å². The first-order valence-electron chi connectivity index (χ1n) is 7.81. The summed E-state index contributed by atoms with van der Waals surface area (Å²) in [4.78, 5) is 24.8. The Kier molecular flexibility index (Phi) is 4.84. The number of nitrogens with one attached hydrogen (secondary N) is 1. The van der Waals surface area contributed by atoms with E-state index < -0.39 is 0 Å². The van der Waals surface area contributed by atoms with Crippen molar-refractivity contribution in [1.29, 1.82) is 0 Å². The van der Waals surface area contributed by atoms with Crippen LogP contribution in [0.2, 0.25) is 10.0 Å². The van der Waals surface area contributed by atoms with Crippen molar-refractivity contribution in [1.82, 2.24) is 4.57 Å². The normalized spacial score (nSPS) is 10.9. The zero-order valence-electron chi connectivity index (χ0n) is 13.8. The highest BCUT2D eigenvalue weighted by atomic mass is 35.5. The van der Waals surface area contributed by atoms with Gasteiger partial charge in [-0.1, -0.05) is 23.2 Å². The molecule has 3 rings (SSSR count). The summed E-state index contributed by atoms with van der Waals surface area (Å²) in [5, 5.41) is 4.10. The van der Waals surface area contributed by atoms with Crippen molar-refractivity contribution in [3.8, 4) is 0 Å². The first-order valence-corrected chi connectivity index (χ1v) is 8.57. The van der Waals surface area contributed by atoms with Gasteiger partial charge in [-0.2, -0.15) is 0 Å². The minimum absolute atomic E-state index is 0.101. The molecule has 0 radical (unpaired) electrons. The van der Waals surface area contributed by atoms with Crippen LogP contribution >= 0.6 is 23.2 Å². The molecular weight excluding hydrogens is 359 g/mol. The second-order valence-corrected chi connectivity index (χ2v) is 6.55. The van der Waals surface area contributed by atoms with Gasteiger partial charge in [0.05, 0.1) is 16.2 Å². The Balaban J connectivity index is 2.01. The molecule has 6 heteroatoms. The zero-order chi connectivity index (χ0) is 18.1. The molecule has 1 amide bonds. The van der Waals surface area contributed by atoms with E-state index in [2.05, 4.69) is 5.32 Å². The number of carbonyl (C=O) groups excluding carboxylic acids is 1. The summed E-state index contributed by atoms with van der Waals surface area (Å²) in [6.07, 6.45) is 0. The molecule has 0 aliphatic carbocycles. The van der Waals surface area contributed by atoms with E-state index in [0.717, 1.165) is 17.8 Å². The fourth-order valence-corrected chi connectivity index (χ4v) is 3.31. The molecule has 0 aliphatic rings. The number of aromatic nitrogens is 1. The second kappa shape index (κ2) is 6.90. The smallest absolute Gasteiger partial charge is 0.255 e. The van der Waals surface area contributed by atoms with E-state index >= 15 is 0 Å². The maximum atomic E-state index is 12.5. The molecule has 0 atom stereocenters. The molecule has 0 fully saturated rings. The summed E-state index contributed by atoms with van der Waals surface area (Å²) in [5.74, 6) is -0.339. The fraction of sp³-hybridized carbons (Fsp3) is 0.158. The van der Waals surface area contributed by atoms with Crippen LogP contribution in [0.25, 0.3) is 10.9 Å². The van der Waals surface area contributed by atoms with Gasteiger partial charge in [0.2, 0.25) is 0 Å². The molecular formula is C19H16Cl2N2O2. The first-order chi connectivity index (χ1) is 11.9. The van der Waals surface area contributed by atoms with E-state index in [1.54, 1.807) is 42.5 Å². The van der Waals surface area contributed by atoms with Crippen LogP contribution in [0.3, 0.4) is 0 Å². The van der Waals surface area contributed by atoms with Crippen molar-refractivity contribution in [2.24, 2.45) is 0 Å². The lowest BCUT2D eigenvalue weighted by Crippen LogP contribution is -2.15. The number of aryl methyl sites for hydroxylation is 2. The van der Waals surface area contributed by atoms with Gasteiger partial charge >= 0.3 is 0 Å². The fourth-order valence-electron chi connectivity index (χ4n) is 2.85. The molecule has 25 heavy (non-hydrogen) atoms. The monoisotopic (exact) mass is 374 g/mol. The summed E-state index contributed by atoms with van der Waals surface area (Å²) in [6, 6.07) is 11.5. The molecule has 0 spiro atoms. The Morgan fingerprint density at radius 2 is 1.88 bits per heavy atom. The number of hydrogen-bond acceptors (Lipinski definition) is 2. The van der Waals surface area contributed by atoms with Crippen LogP contribution in [0.4, 0.5) is 5.69 Å². The molecule has 0 saturated carbocycles. The molecule has 0 bridgehead atoms. The minimum Gasteiger partial charge on any atom is -0.345 e. The Labute approximate surface area is 155 Å². The molecule has 3 aromatic rings. The van der Waals surface area contributed by atoms with Gasteiger partial charge in [0.15, 0.2) is 5.43 Å². The van der Waals surface area contributed by atoms with Crippen LogP contribution in [0.15, 0.2) is 47.3 Å². The molecule has 1 heterocycles. The maximum absolute atomic E-state index is 12.5. The van der Waals surface area contributed by atoms with E-state index in [4.69, 9.17) is 23.2 Å². The highest BCUT2D eigenvalue weighted by Crippen LogP contribution is 2.26. The lowest BCUT2D eigenvalue weighted by atomic mass is 10.1. The Morgan fingerprint density at radius 1 is 1.12 bits per heavy atom. The van der Waals surface area contributed by atoms with Crippen LogP contribution in [0.1, 0.15) is 23.0 Å². The number of benzene rings is 2. The van der Waals surface area contributed by atoms with Gasteiger partial charge in [-0.3, -0.25) is 9.59 Å². The van der Waals surface area contributed by atoms with E-state index in [0.29, 0.717) is 26.7 Å². The Hall–Kier alpha value is -2.30. The quantitative estimate of drug-likeness (QED) is 0.709. The molecule has 2 aromatic carbocycles. The largest absolute Gasteiger partial charge is 0.345 e. The van der Waals surface area contributed by atoms with Gasteiger partial charge in [0.1, 0.15) is 0 Å². The highest BCUT2D eigenvalue weighted by Gasteiger charge is 2.12. The third kappa shape index (κ3) is 3.41. The van der Waals surface area contributed by atoms with Crippen LogP contribution in [-0.2, 0) is 6.54 Å². The van der Waals surface area contributed by atoms with Gasteiger partial charge in [-0.05, 0) is 50.2 Å². The standard InChI is InChI=1S/C19H16Cl2N2O2/c1-3-23-11(2)8-18(24)14-9-12(4-7-17(14)23)19(25)22-16-6-5-13(20)10-15(16)21/h4-10H,3H2,1-2H3,(H,22,25). The van der Waals surface area contributed by atoms with Crippen LogP contribution < -0.4 is 10.7 Å². The second-order valence-electron chi connectivity index (χ2n) is 5.70. The topological polar surface area (TPSA) is 51.1 Å².